The van der Waals surface area contributed by atoms with Crippen molar-refractivity contribution in [3.05, 3.63) is 30.1 Å². The van der Waals surface area contributed by atoms with Gasteiger partial charge in [-0.2, -0.15) is 0 Å². The monoisotopic (exact) mass is 373 g/mol. The zero-order valence-corrected chi connectivity index (χ0v) is 16.1. The molecule has 0 aromatic carbocycles. The lowest BCUT2D eigenvalue weighted by molar-refractivity contribution is -0.133. The van der Waals surface area contributed by atoms with E-state index in [1.807, 2.05) is 18.3 Å². The molecule has 0 aliphatic carbocycles. The number of morpholine rings is 1. The van der Waals surface area contributed by atoms with Gasteiger partial charge in [0, 0.05) is 51.5 Å². The van der Waals surface area contributed by atoms with Crippen molar-refractivity contribution in [1.82, 2.24) is 14.8 Å². The molecule has 148 valence electrons. The molecule has 4 heterocycles. The average molecular weight is 373 g/mol. The molecule has 3 aliphatic heterocycles. The van der Waals surface area contributed by atoms with Crippen LogP contribution in [0, 0.1) is 5.41 Å². The molecule has 6 heteroatoms. The Bertz CT molecular complexity index is 610. The quantitative estimate of drug-likeness (QED) is 0.787. The summed E-state index contributed by atoms with van der Waals surface area (Å²) < 4.78 is 11.6. The maximum Gasteiger partial charge on any atom is 0.222 e. The second-order valence-corrected chi connectivity index (χ2v) is 8.29. The number of piperidine rings is 1. The van der Waals surface area contributed by atoms with E-state index in [1.54, 1.807) is 6.20 Å². The number of carbonyl (C=O) groups excluding carboxylic acids is 1. The van der Waals surface area contributed by atoms with Gasteiger partial charge in [-0.1, -0.05) is 6.07 Å². The van der Waals surface area contributed by atoms with Gasteiger partial charge in [-0.3, -0.25) is 14.7 Å². The summed E-state index contributed by atoms with van der Waals surface area (Å²) in [7, 11) is 0. The van der Waals surface area contributed by atoms with Crippen LogP contribution >= 0.6 is 0 Å². The predicted octanol–water partition coefficient (Wildman–Crippen LogP) is 1.74. The maximum atomic E-state index is 12.6. The van der Waals surface area contributed by atoms with E-state index >= 15 is 0 Å². The molecule has 1 aromatic heterocycles. The van der Waals surface area contributed by atoms with Crippen molar-refractivity contribution in [2.24, 2.45) is 5.41 Å². The standard InChI is InChI=1S/C21H31N3O3/c25-20(4-3-18-2-1-7-22-15-18)24-8-5-21(6-9-24)14-19(27-17-21)16-23-10-12-26-13-11-23/h1-2,7,15,19H,3-6,8-14,16-17H2/t19-/m1/s1. The van der Waals surface area contributed by atoms with E-state index in [2.05, 4.69) is 14.8 Å². The maximum absolute atomic E-state index is 12.6. The van der Waals surface area contributed by atoms with E-state index < -0.39 is 0 Å². The third kappa shape index (κ3) is 4.86. The van der Waals surface area contributed by atoms with Gasteiger partial charge in [-0.25, -0.2) is 0 Å². The Morgan fingerprint density at radius 2 is 2.04 bits per heavy atom. The van der Waals surface area contributed by atoms with Gasteiger partial charge in [0.05, 0.1) is 25.9 Å². The van der Waals surface area contributed by atoms with Crippen LogP contribution in [0.4, 0.5) is 0 Å². The largest absolute Gasteiger partial charge is 0.379 e. The summed E-state index contributed by atoms with van der Waals surface area (Å²) in [5.41, 5.74) is 1.42. The van der Waals surface area contributed by atoms with Gasteiger partial charge >= 0.3 is 0 Å². The van der Waals surface area contributed by atoms with Gasteiger partial charge in [0.2, 0.25) is 5.91 Å². The molecule has 0 unspecified atom stereocenters. The highest BCUT2D eigenvalue weighted by Crippen LogP contribution is 2.42. The zero-order valence-electron chi connectivity index (χ0n) is 16.1. The summed E-state index contributed by atoms with van der Waals surface area (Å²) in [6, 6.07) is 3.97. The van der Waals surface area contributed by atoms with Crippen LogP contribution in [0.15, 0.2) is 24.5 Å². The average Bonchev–Trinajstić information content (AvgIpc) is 3.10. The Balaban J connectivity index is 1.21. The molecule has 0 bridgehead atoms. The number of ether oxygens (including phenoxy) is 2. The predicted molar refractivity (Wildman–Crippen MR) is 102 cm³/mol. The van der Waals surface area contributed by atoms with Crippen LogP contribution < -0.4 is 0 Å². The molecule has 3 saturated heterocycles. The zero-order chi connectivity index (χ0) is 18.5. The number of likely N-dealkylation sites (tertiary alicyclic amines) is 1. The number of nitrogens with zero attached hydrogens (tertiary/aromatic N) is 3. The van der Waals surface area contributed by atoms with E-state index in [0.29, 0.717) is 12.5 Å². The lowest BCUT2D eigenvalue weighted by Gasteiger charge is -2.38. The van der Waals surface area contributed by atoms with Crippen LogP contribution in [0.1, 0.15) is 31.2 Å². The molecule has 0 radical (unpaired) electrons. The molecule has 1 amide bonds. The minimum atomic E-state index is 0.275. The molecule has 1 aromatic rings. The minimum Gasteiger partial charge on any atom is -0.379 e. The Morgan fingerprint density at radius 1 is 1.22 bits per heavy atom. The summed E-state index contributed by atoms with van der Waals surface area (Å²) in [6.45, 7) is 7.36. The van der Waals surface area contributed by atoms with Crippen molar-refractivity contribution in [2.75, 3.05) is 52.5 Å². The highest BCUT2D eigenvalue weighted by Gasteiger charge is 2.43. The number of aromatic nitrogens is 1. The number of carbonyl (C=O) groups is 1. The van der Waals surface area contributed by atoms with Gasteiger partial charge in [-0.15, -0.1) is 0 Å². The Hall–Kier alpha value is -1.50. The van der Waals surface area contributed by atoms with Crippen LogP contribution in [-0.2, 0) is 20.7 Å². The first-order valence-corrected chi connectivity index (χ1v) is 10.3. The highest BCUT2D eigenvalue weighted by atomic mass is 16.5. The fourth-order valence-corrected chi connectivity index (χ4v) is 4.62. The Labute approximate surface area is 161 Å². The first-order valence-electron chi connectivity index (χ1n) is 10.3. The van der Waals surface area contributed by atoms with Crippen molar-refractivity contribution in [1.29, 1.82) is 0 Å². The topological polar surface area (TPSA) is 54.9 Å². The normalized spacial score (nSPS) is 25.8. The summed E-state index contributed by atoms with van der Waals surface area (Å²) in [5, 5.41) is 0. The minimum absolute atomic E-state index is 0.275. The van der Waals surface area contributed by atoms with Crippen molar-refractivity contribution in [3.8, 4) is 0 Å². The van der Waals surface area contributed by atoms with Gasteiger partial charge in [0.25, 0.3) is 0 Å². The molecule has 6 nitrogen and oxygen atoms in total. The van der Waals surface area contributed by atoms with Crippen molar-refractivity contribution >= 4 is 5.91 Å². The third-order valence-electron chi connectivity index (χ3n) is 6.38. The summed E-state index contributed by atoms with van der Waals surface area (Å²) in [6.07, 6.45) is 8.61. The van der Waals surface area contributed by atoms with Crippen molar-refractivity contribution in [3.63, 3.8) is 0 Å². The van der Waals surface area contributed by atoms with Crippen molar-refractivity contribution < 1.29 is 14.3 Å². The first kappa shape index (κ1) is 18.8. The molecule has 3 aliphatic rings. The van der Waals surface area contributed by atoms with E-state index in [0.717, 1.165) is 83.8 Å². The number of rotatable bonds is 5. The first-order chi connectivity index (χ1) is 13.2. The van der Waals surface area contributed by atoms with Crippen LogP contribution in [-0.4, -0.2) is 79.3 Å². The summed E-state index contributed by atoms with van der Waals surface area (Å²) in [5.74, 6) is 0.275. The highest BCUT2D eigenvalue weighted by molar-refractivity contribution is 5.76. The molecule has 1 spiro atoms. The van der Waals surface area contributed by atoms with Crippen LogP contribution in [0.25, 0.3) is 0 Å². The van der Waals surface area contributed by atoms with E-state index in [9.17, 15) is 4.79 Å². The molecule has 3 fully saturated rings. The third-order valence-corrected chi connectivity index (χ3v) is 6.38. The molecule has 1 atom stereocenters. The second kappa shape index (κ2) is 8.67. The number of aryl methyl sites for hydroxylation is 1. The fraction of sp³-hybridized carbons (Fsp3) is 0.714. The molecule has 4 rings (SSSR count). The molecule has 0 N–H and O–H groups in total. The van der Waals surface area contributed by atoms with Crippen LogP contribution in [0.3, 0.4) is 0 Å². The Kier molecular flexibility index (Phi) is 6.05. The number of hydrogen-bond acceptors (Lipinski definition) is 5. The SMILES string of the molecule is O=C(CCc1cccnc1)N1CCC2(CC1)CO[C@@H](CN1CCOCC1)C2. The van der Waals surface area contributed by atoms with Gasteiger partial charge in [-0.05, 0) is 42.7 Å². The van der Waals surface area contributed by atoms with E-state index in [4.69, 9.17) is 9.47 Å². The lowest BCUT2D eigenvalue weighted by Crippen LogP contribution is -2.44. The lowest BCUT2D eigenvalue weighted by atomic mass is 9.76. The molecular formula is C21H31N3O3. The van der Waals surface area contributed by atoms with Crippen LogP contribution in [0.5, 0.6) is 0 Å². The summed E-state index contributed by atoms with van der Waals surface area (Å²) >= 11 is 0. The molecule has 0 saturated carbocycles. The van der Waals surface area contributed by atoms with E-state index in [-0.39, 0.29) is 11.3 Å². The van der Waals surface area contributed by atoms with Gasteiger partial charge < -0.3 is 14.4 Å². The number of amides is 1. The van der Waals surface area contributed by atoms with E-state index in [1.165, 1.54) is 0 Å². The fourth-order valence-electron chi connectivity index (χ4n) is 4.62. The summed E-state index contributed by atoms with van der Waals surface area (Å²) in [4.78, 5) is 21.2. The second-order valence-electron chi connectivity index (χ2n) is 8.29. The molecular weight excluding hydrogens is 342 g/mol. The van der Waals surface area contributed by atoms with Gasteiger partial charge in [0.15, 0.2) is 0 Å². The molecule has 27 heavy (non-hydrogen) atoms. The van der Waals surface area contributed by atoms with Gasteiger partial charge in [0.1, 0.15) is 0 Å². The number of hydrogen-bond donors (Lipinski definition) is 0. The number of pyridine rings is 1. The van der Waals surface area contributed by atoms with Crippen molar-refractivity contribution in [2.45, 2.75) is 38.2 Å². The van der Waals surface area contributed by atoms with Crippen LogP contribution in [0.2, 0.25) is 0 Å². The Morgan fingerprint density at radius 3 is 2.78 bits per heavy atom. The smallest absolute Gasteiger partial charge is 0.222 e.